The van der Waals surface area contributed by atoms with Gasteiger partial charge in [-0.2, -0.15) is 0 Å². The molecule has 0 saturated carbocycles. The van der Waals surface area contributed by atoms with Crippen molar-refractivity contribution in [2.45, 2.75) is 26.3 Å². The van der Waals surface area contributed by atoms with Crippen LogP contribution in [0.15, 0.2) is 30.3 Å². The fourth-order valence-corrected chi connectivity index (χ4v) is 2.02. The number of likely N-dealkylation sites (N-methyl/N-ethyl adjacent to an activating group) is 1. The van der Waals surface area contributed by atoms with E-state index in [-0.39, 0.29) is 25.0 Å². The van der Waals surface area contributed by atoms with Crippen LogP contribution >= 0.6 is 0 Å². The molecular weight excluding hydrogens is 296 g/mol. The lowest BCUT2D eigenvalue weighted by Crippen LogP contribution is -2.44. The second-order valence-electron chi connectivity index (χ2n) is 5.72. The normalized spacial score (nSPS) is 10.8. The standard InChI is InChI=1S/C17H26N2O4/c1-14(2)19(13-17(21)22)12-16(20)18(3)10-7-11-23-15-8-5-4-6-9-15/h4-6,8-9,14H,7,10-13H2,1-3H3,(H,21,22). The molecule has 0 unspecified atom stereocenters. The van der Waals surface area contributed by atoms with E-state index in [1.54, 1.807) is 16.8 Å². The van der Waals surface area contributed by atoms with Crippen molar-refractivity contribution < 1.29 is 19.4 Å². The topological polar surface area (TPSA) is 70.1 Å². The van der Waals surface area contributed by atoms with Gasteiger partial charge in [-0.15, -0.1) is 0 Å². The summed E-state index contributed by atoms with van der Waals surface area (Å²) < 4.78 is 5.58. The molecule has 0 radical (unpaired) electrons. The molecule has 1 aromatic carbocycles. The Hall–Kier alpha value is -2.08. The summed E-state index contributed by atoms with van der Waals surface area (Å²) in [5.74, 6) is -0.195. The first kappa shape index (κ1) is 19.0. The largest absolute Gasteiger partial charge is 0.494 e. The highest BCUT2D eigenvalue weighted by atomic mass is 16.5. The van der Waals surface area contributed by atoms with E-state index in [1.807, 2.05) is 44.2 Å². The molecule has 6 nitrogen and oxygen atoms in total. The highest BCUT2D eigenvalue weighted by Crippen LogP contribution is 2.08. The summed E-state index contributed by atoms with van der Waals surface area (Å²) in [6.07, 6.45) is 0.720. The molecule has 0 heterocycles. The van der Waals surface area contributed by atoms with Crippen molar-refractivity contribution in [3.63, 3.8) is 0 Å². The van der Waals surface area contributed by atoms with Gasteiger partial charge >= 0.3 is 5.97 Å². The van der Waals surface area contributed by atoms with Gasteiger partial charge in [0.2, 0.25) is 5.91 Å². The third kappa shape index (κ3) is 7.65. The fraction of sp³-hybridized carbons (Fsp3) is 0.529. The number of benzene rings is 1. The van der Waals surface area contributed by atoms with Gasteiger partial charge in [0.05, 0.1) is 19.7 Å². The number of rotatable bonds is 10. The zero-order chi connectivity index (χ0) is 17.2. The summed E-state index contributed by atoms with van der Waals surface area (Å²) in [6.45, 7) is 4.84. The maximum atomic E-state index is 12.2. The van der Waals surface area contributed by atoms with Gasteiger partial charge < -0.3 is 14.7 Å². The van der Waals surface area contributed by atoms with E-state index >= 15 is 0 Å². The first-order valence-electron chi connectivity index (χ1n) is 7.77. The Morgan fingerprint density at radius 3 is 2.39 bits per heavy atom. The Kier molecular flexibility index (Phi) is 8.11. The number of carboxylic acid groups (broad SMARTS) is 1. The Morgan fingerprint density at radius 1 is 1.17 bits per heavy atom. The molecule has 6 heteroatoms. The van der Waals surface area contributed by atoms with Crippen molar-refractivity contribution in [3.05, 3.63) is 30.3 Å². The minimum absolute atomic E-state index is 0.00450. The molecule has 0 aliphatic heterocycles. The first-order valence-corrected chi connectivity index (χ1v) is 7.77. The third-order valence-electron chi connectivity index (χ3n) is 3.48. The van der Waals surface area contributed by atoms with Crippen LogP contribution in [0.3, 0.4) is 0 Å². The lowest BCUT2D eigenvalue weighted by Gasteiger charge is -2.26. The monoisotopic (exact) mass is 322 g/mol. The Balaban J connectivity index is 2.31. The number of carbonyl (C=O) groups is 2. The Morgan fingerprint density at radius 2 is 1.83 bits per heavy atom. The smallest absolute Gasteiger partial charge is 0.317 e. The number of amides is 1. The summed E-state index contributed by atoms with van der Waals surface area (Å²) in [4.78, 5) is 26.2. The van der Waals surface area contributed by atoms with Gasteiger partial charge in [0.15, 0.2) is 0 Å². The SMILES string of the molecule is CC(C)N(CC(=O)O)CC(=O)N(C)CCCOc1ccccc1. The molecule has 1 amide bonds. The van der Waals surface area contributed by atoms with Gasteiger partial charge in [0.25, 0.3) is 0 Å². The van der Waals surface area contributed by atoms with E-state index in [1.165, 1.54) is 0 Å². The first-order chi connectivity index (χ1) is 10.9. The number of carboxylic acids is 1. The van der Waals surface area contributed by atoms with Gasteiger partial charge in [-0.25, -0.2) is 0 Å². The number of ether oxygens (including phenoxy) is 1. The molecular formula is C17H26N2O4. The summed E-state index contributed by atoms with van der Waals surface area (Å²) in [5, 5.41) is 8.88. The number of para-hydroxylation sites is 1. The lowest BCUT2D eigenvalue weighted by atomic mass is 10.3. The second-order valence-corrected chi connectivity index (χ2v) is 5.72. The number of carbonyl (C=O) groups excluding carboxylic acids is 1. The maximum Gasteiger partial charge on any atom is 0.317 e. The van der Waals surface area contributed by atoms with E-state index < -0.39 is 5.97 Å². The average Bonchev–Trinajstić information content (AvgIpc) is 2.51. The van der Waals surface area contributed by atoms with Crippen LogP contribution in [0.2, 0.25) is 0 Å². The van der Waals surface area contributed by atoms with Crippen LogP contribution in [0.1, 0.15) is 20.3 Å². The van der Waals surface area contributed by atoms with Gasteiger partial charge in [0.1, 0.15) is 5.75 Å². The molecule has 0 aliphatic rings. The van der Waals surface area contributed by atoms with Crippen LogP contribution in [0.4, 0.5) is 0 Å². The molecule has 0 spiro atoms. The maximum absolute atomic E-state index is 12.2. The lowest BCUT2D eigenvalue weighted by molar-refractivity contribution is -0.140. The van der Waals surface area contributed by atoms with E-state index in [9.17, 15) is 9.59 Å². The molecule has 0 aliphatic carbocycles. The van der Waals surface area contributed by atoms with E-state index in [4.69, 9.17) is 9.84 Å². The van der Waals surface area contributed by atoms with Crippen molar-refractivity contribution in [3.8, 4) is 5.75 Å². The predicted molar refractivity (Wildman–Crippen MR) is 88.5 cm³/mol. The molecule has 0 saturated heterocycles. The van der Waals surface area contributed by atoms with E-state index in [2.05, 4.69) is 0 Å². The summed E-state index contributed by atoms with van der Waals surface area (Å²) in [6, 6.07) is 9.53. The third-order valence-corrected chi connectivity index (χ3v) is 3.48. The molecule has 0 fully saturated rings. The van der Waals surface area contributed by atoms with Crippen molar-refractivity contribution in [2.24, 2.45) is 0 Å². The molecule has 1 N–H and O–H groups in total. The fourth-order valence-electron chi connectivity index (χ4n) is 2.02. The van der Waals surface area contributed by atoms with Crippen LogP contribution in [-0.2, 0) is 9.59 Å². The minimum Gasteiger partial charge on any atom is -0.494 e. The van der Waals surface area contributed by atoms with Crippen molar-refractivity contribution >= 4 is 11.9 Å². The summed E-state index contributed by atoms with van der Waals surface area (Å²) >= 11 is 0. The van der Waals surface area contributed by atoms with Crippen molar-refractivity contribution in [1.82, 2.24) is 9.80 Å². The molecule has 1 rings (SSSR count). The zero-order valence-electron chi connectivity index (χ0n) is 14.1. The minimum atomic E-state index is -0.926. The summed E-state index contributed by atoms with van der Waals surface area (Å²) in [5.41, 5.74) is 0. The molecule has 1 aromatic rings. The van der Waals surface area contributed by atoms with Crippen LogP contribution in [0.25, 0.3) is 0 Å². The second kappa shape index (κ2) is 9.84. The van der Waals surface area contributed by atoms with Gasteiger partial charge in [0, 0.05) is 19.6 Å². The number of nitrogens with zero attached hydrogens (tertiary/aromatic N) is 2. The zero-order valence-corrected chi connectivity index (χ0v) is 14.1. The Bertz CT molecular complexity index is 491. The van der Waals surface area contributed by atoms with Crippen molar-refractivity contribution in [2.75, 3.05) is 33.3 Å². The van der Waals surface area contributed by atoms with Crippen LogP contribution < -0.4 is 4.74 Å². The molecule has 0 atom stereocenters. The van der Waals surface area contributed by atoms with Gasteiger partial charge in [-0.05, 0) is 32.4 Å². The molecule has 0 bridgehead atoms. The van der Waals surface area contributed by atoms with Crippen LogP contribution in [0.5, 0.6) is 5.75 Å². The van der Waals surface area contributed by atoms with Crippen LogP contribution in [0, 0.1) is 0 Å². The van der Waals surface area contributed by atoms with Gasteiger partial charge in [-0.3, -0.25) is 14.5 Å². The number of hydrogen-bond donors (Lipinski definition) is 1. The molecule has 23 heavy (non-hydrogen) atoms. The van der Waals surface area contributed by atoms with E-state index in [0.717, 1.165) is 12.2 Å². The highest BCUT2D eigenvalue weighted by molar-refractivity contribution is 5.79. The molecule has 0 aromatic heterocycles. The van der Waals surface area contributed by atoms with Gasteiger partial charge in [-0.1, -0.05) is 18.2 Å². The van der Waals surface area contributed by atoms with Crippen LogP contribution in [-0.4, -0.2) is 66.1 Å². The Labute approximate surface area is 137 Å². The average molecular weight is 322 g/mol. The molecule has 128 valence electrons. The highest BCUT2D eigenvalue weighted by Gasteiger charge is 2.19. The summed E-state index contributed by atoms with van der Waals surface area (Å²) in [7, 11) is 1.73. The predicted octanol–water partition coefficient (Wildman–Crippen LogP) is 1.71. The van der Waals surface area contributed by atoms with Crippen molar-refractivity contribution in [1.29, 1.82) is 0 Å². The van der Waals surface area contributed by atoms with E-state index in [0.29, 0.717) is 13.2 Å². The quantitative estimate of drug-likeness (QED) is 0.664. The number of hydrogen-bond acceptors (Lipinski definition) is 4. The number of aliphatic carboxylic acids is 1.